The molecule has 0 saturated heterocycles. The largest absolute Gasteiger partial charge is 0.150 e. The van der Waals surface area contributed by atoms with Gasteiger partial charge in [0.15, 0.2) is 0 Å². The molecule has 0 aromatic heterocycles. The van der Waals surface area contributed by atoms with Crippen molar-refractivity contribution in [2.75, 3.05) is 5.75 Å². The van der Waals surface area contributed by atoms with Gasteiger partial charge < -0.3 is 0 Å². The molecular formula is C12H22S. The summed E-state index contributed by atoms with van der Waals surface area (Å²) < 4.78 is 0. The van der Waals surface area contributed by atoms with E-state index in [0.29, 0.717) is 5.25 Å². The van der Waals surface area contributed by atoms with Gasteiger partial charge in [0.05, 0.1) is 0 Å². The molecule has 0 bridgehead atoms. The summed E-state index contributed by atoms with van der Waals surface area (Å²) in [6.45, 7) is 11.0. The maximum atomic E-state index is 2.32. The molecule has 76 valence electrons. The minimum absolute atomic E-state index is 0.644. The van der Waals surface area contributed by atoms with Crippen molar-refractivity contribution in [2.24, 2.45) is 0 Å². The van der Waals surface area contributed by atoms with Crippen molar-refractivity contribution >= 4 is 11.8 Å². The summed E-state index contributed by atoms with van der Waals surface area (Å²) in [6, 6.07) is 0. The van der Waals surface area contributed by atoms with Crippen LogP contribution in [0, 0.1) is 0 Å². The highest BCUT2D eigenvalue weighted by Gasteiger charge is 1.98. The molecule has 0 heterocycles. The highest BCUT2D eigenvalue weighted by atomic mass is 32.2. The maximum Gasteiger partial charge on any atom is 0.0204 e. The van der Waals surface area contributed by atoms with Crippen molar-refractivity contribution in [1.82, 2.24) is 0 Å². The van der Waals surface area contributed by atoms with Gasteiger partial charge in [-0.05, 0) is 34.1 Å². The van der Waals surface area contributed by atoms with Gasteiger partial charge in [-0.15, -0.1) is 0 Å². The van der Waals surface area contributed by atoms with Crippen molar-refractivity contribution in [2.45, 2.75) is 46.3 Å². The van der Waals surface area contributed by atoms with Crippen LogP contribution in [-0.4, -0.2) is 11.0 Å². The fourth-order valence-electron chi connectivity index (χ4n) is 1.19. The second-order valence-electron chi connectivity index (χ2n) is 3.72. The zero-order valence-electron chi connectivity index (χ0n) is 9.55. The average Bonchev–Trinajstić information content (AvgIpc) is 2.00. The van der Waals surface area contributed by atoms with Gasteiger partial charge in [0.2, 0.25) is 0 Å². The molecule has 0 aliphatic carbocycles. The summed E-state index contributed by atoms with van der Waals surface area (Å²) in [6.07, 6.45) is 5.79. The van der Waals surface area contributed by atoms with Crippen LogP contribution in [0.2, 0.25) is 0 Å². The summed E-state index contributed by atoms with van der Waals surface area (Å²) in [7, 11) is 0. The van der Waals surface area contributed by atoms with E-state index in [1.807, 2.05) is 11.8 Å². The van der Waals surface area contributed by atoms with E-state index in [1.54, 1.807) is 0 Å². The molecule has 0 nitrogen and oxygen atoms in total. The van der Waals surface area contributed by atoms with Crippen LogP contribution in [0.3, 0.4) is 0 Å². The summed E-state index contributed by atoms with van der Waals surface area (Å²) in [5.41, 5.74) is 2.92. The van der Waals surface area contributed by atoms with E-state index >= 15 is 0 Å². The van der Waals surface area contributed by atoms with Gasteiger partial charge in [0.1, 0.15) is 0 Å². The molecule has 1 atom stereocenters. The molecule has 0 N–H and O–H groups in total. The topological polar surface area (TPSA) is 0 Å². The Morgan fingerprint density at radius 1 is 1.31 bits per heavy atom. The Labute approximate surface area is 87.5 Å². The fraction of sp³-hybridized carbons (Fsp3) is 0.667. The van der Waals surface area contributed by atoms with Crippen LogP contribution >= 0.6 is 11.8 Å². The molecule has 0 spiro atoms. The Hall–Kier alpha value is -0.170. The van der Waals surface area contributed by atoms with Crippen molar-refractivity contribution in [3.63, 3.8) is 0 Å². The molecule has 0 fully saturated rings. The third-order valence-corrected chi connectivity index (χ3v) is 2.98. The van der Waals surface area contributed by atoms with Crippen molar-refractivity contribution in [3.05, 3.63) is 23.3 Å². The lowest BCUT2D eigenvalue weighted by atomic mass is 10.3. The van der Waals surface area contributed by atoms with Gasteiger partial charge in [-0.3, -0.25) is 0 Å². The first-order valence-electron chi connectivity index (χ1n) is 4.98. The van der Waals surface area contributed by atoms with Crippen LogP contribution in [0.4, 0.5) is 0 Å². The molecule has 0 aromatic rings. The van der Waals surface area contributed by atoms with E-state index in [1.165, 1.54) is 16.9 Å². The number of hydrogen-bond donors (Lipinski definition) is 0. The Morgan fingerprint density at radius 2 is 1.92 bits per heavy atom. The zero-order chi connectivity index (χ0) is 10.3. The Morgan fingerprint density at radius 3 is 2.38 bits per heavy atom. The Kier molecular flexibility index (Phi) is 7.16. The van der Waals surface area contributed by atoms with E-state index in [-0.39, 0.29) is 0 Å². The lowest BCUT2D eigenvalue weighted by Crippen LogP contribution is -1.94. The quantitative estimate of drug-likeness (QED) is 0.589. The summed E-state index contributed by atoms with van der Waals surface area (Å²) in [5.74, 6) is 1.17. The minimum Gasteiger partial charge on any atom is -0.150 e. The normalized spacial score (nSPS) is 14.1. The van der Waals surface area contributed by atoms with Gasteiger partial charge in [-0.1, -0.05) is 30.2 Å². The number of rotatable bonds is 5. The average molecular weight is 198 g/mol. The van der Waals surface area contributed by atoms with Crippen LogP contribution in [0.25, 0.3) is 0 Å². The van der Waals surface area contributed by atoms with E-state index in [0.717, 1.165) is 6.42 Å². The standard InChI is InChI=1S/C12H22S/c1-6-7-11(4)9-13-12(5)8-10(2)3/h7-8,12H,6,9H2,1-5H3/b11-7+. The first kappa shape index (κ1) is 12.8. The fourth-order valence-corrected chi connectivity index (χ4v) is 2.20. The van der Waals surface area contributed by atoms with Crippen LogP contribution in [0.5, 0.6) is 0 Å². The lowest BCUT2D eigenvalue weighted by Gasteiger charge is -2.07. The second kappa shape index (κ2) is 7.25. The van der Waals surface area contributed by atoms with Crippen LogP contribution < -0.4 is 0 Å². The van der Waals surface area contributed by atoms with Crippen molar-refractivity contribution in [3.8, 4) is 0 Å². The number of hydrogen-bond acceptors (Lipinski definition) is 1. The third kappa shape index (κ3) is 8.17. The summed E-state index contributed by atoms with van der Waals surface area (Å²) >= 11 is 2.01. The number of thioether (sulfide) groups is 1. The van der Waals surface area contributed by atoms with E-state index in [2.05, 4.69) is 46.8 Å². The van der Waals surface area contributed by atoms with Crippen molar-refractivity contribution in [1.29, 1.82) is 0 Å². The predicted molar refractivity (Wildman–Crippen MR) is 65.4 cm³/mol. The first-order chi connectivity index (χ1) is 6.06. The third-order valence-electron chi connectivity index (χ3n) is 1.69. The molecule has 0 aromatic carbocycles. The SMILES string of the molecule is CC/C=C(\C)CSC(C)C=C(C)C. The lowest BCUT2D eigenvalue weighted by molar-refractivity contribution is 1.16. The van der Waals surface area contributed by atoms with Gasteiger partial charge >= 0.3 is 0 Å². The Bertz CT molecular complexity index is 185. The highest BCUT2D eigenvalue weighted by molar-refractivity contribution is 8.00. The molecule has 0 rings (SSSR count). The zero-order valence-corrected chi connectivity index (χ0v) is 10.4. The molecule has 13 heavy (non-hydrogen) atoms. The molecule has 0 aliphatic heterocycles. The summed E-state index contributed by atoms with van der Waals surface area (Å²) in [4.78, 5) is 0. The van der Waals surface area contributed by atoms with E-state index in [4.69, 9.17) is 0 Å². The second-order valence-corrected chi connectivity index (χ2v) is 5.08. The number of allylic oxidation sites excluding steroid dienone is 2. The molecule has 1 unspecified atom stereocenters. The summed E-state index contributed by atoms with van der Waals surface area (Å²) in [5, 5.41) is 0.644. The van der Waals surface area contributed by atoms with Gasteiger partial charge in [-0.2, -0.15) is 11.8 Å². The molecule has 0 saturated carbocycles. The van der Waals surface area contributed by atoms with Crippen LogP contribution in [-0.2, 0) is 0 Å². The van der Waals surface area contributed by atoms with Crippen LogP contribution in [0.1, 0.15) is 41.0 Å². The van der Waals surface area contributed by atoms with Crippen molar-refractivity contribution < 1.29 is 0 Å². The molecule has 1 heteroatoms. The van der Waals surface area contributed by atoms with Crippen LogP contribution in [0.15, 0.2) is 23.3 Å². The Balaban J connectivity index is 3.76. The van der Waals surface area contributed by atoms with Gasteiger partial charge in [0.25, 0.3) is 0 Å². The molecular weight excluding hydrogens is 176 g/mol. The van der Waals surface area contributed by atoms with E-state index in [9.17, 15) is 0 Å². The molecule has 0 amide bonds. The monoisotopic (exact) mass is 198 g/mol. The van der Waals surface area contributed by atoms with E-state index < -0.39 is 0 Å². The highest BCUT2D eigenvalue weighted by Crippen LogP contribution is 2.16. The smallest absolute Gasteiger partial charge is 0.0204 e. The minimum atomic E-state index is 0.644. The van der Waals surface area contributed by atoms with Gasteiger partial charge in [0, 0.05) is 11.0 Å². The maximum absolute atomic E-state index is 2.32. The predicted octanol–water partition coefficient (Wildman–Crippen LogP) is 4.43. The first-order valence-corrected chi connectivity index (χ1v) is 6.03. The molecule has 0 aliphatic rings. The molecule has 0 radical (unpaired) electrons. The van der Waals surface area contributed by atoms with Gasteiger partial charge in [-0.25, -0.2) is 0 Å².